The molecule has 38 heavy (non-hydrogen) atoms. The summed E-state index contributed by atoms with van der Waals surface area (Å²) < 4.78 is 29.3. The van der Waals surface area contributed by atoms with Crippen LogP contribution in [0.25, 0.3) is 22.0 Å². The number of sulfonamides is 1. The quantitative estimate of drug-likeness (QED) is 0.254. The van der Waals surface area contributed by atoms with Gasteiger partial charge in [-0.1, -0.05) is 49.5 Å². The number of benzene rings is 2. The number of hydrogen-bond acceptors (Lipinski definition) is 5. The Kier molecular flexibility index (Phi) is 7.56. The standard InChI is InChI=1S/C28H34N6O2S2/c1-3-13-38(35,36)33-11-9-23(10-12-33)34-18-25(21-5-4-6-22(15-21)28(29)37)24-8-7-20(14-26(24)34)16-31-27-17-30-19(2)32-27/h4-8,14-15,17-18,23,31H,3,9-13,16H2,1-2H3,(H2,29,37)(H,30,32). The van der Waals surface area contributed by atoms with E-state index in [-0.39, 0.29) is 11.8 Å². The van der Waals surface area contributed by atoms with Crippen LogP contribution in [0.2, 0.25) is 0 Å². The van der Waals surface area contributed by atoms with E-state index in [1.165, 1.54) is 0 Å². The van der Waals surface area contributed by atoms with Crippen molar-refractivity contribution in [2.75, 3.05) is 24.2 Å². The summed E-state index contributed by atoms with van der Waals surface area (Å²) in [6, 6.07) is 14.8. The van der Waals surface area contributed by atoms with Crippen LogP contribution >= 0.6 is 12.2 Å². The second kappa shape index (κ2) is 10.9. The molecule has 200 valence electrons. The van der Waals surface area contributed by atoms with Crippen LogP contribution in [0.5, 0.6) is 0 Å². The maximum Gasteiger partial charge on any atom is 0.214 e. The molecule has 2 aromatic carbocycles. The topological polar surface area (TPSA) is 109 Å². The van der Waals surface area contributed by atoms with Crippen molar-refractivity contribution in [1.82, 2.24) is 18.8 Å². The minimum Gasteiger partial charge on any atom is -0.389 e. The van der Waals surface area contributed by atoms with Crippen LogP contribution in [0.4, 0.5) is 5.82 Å². The van der Waals surface area contributed by atoms with E-state index in [0.717, 1.165) is 57.6 Å². The number of nitrogens with one attached hydrogen (secondary N) is 2. The van der Waals surface area contributed by atoms with Crippen molar-refractivity contribution in [3.63, 3.8) is 0 Å². The maximum atomic E-state index is 12.6. The monoisotopic (exact) mass is 550 g/mol. The zero-order valence-electron chi connectivity index (χ0n) is 21.8. The third kappa shape index (κ3) is 5.48. The normalized spacial score (nSPS) is 15.2. The molecule has 2 aromatic heterocycles. The van der Waals surface area contributed by atoms with Gasteiger partial charge in [-0.05, 0) is 49.4 Å². The molecular formula is C28H34N6O2S2. The van der Waals surface area contributed by atoms with Gasteiger partial charge in [-0.3, -0.25) is 0 Å². The van der Waals surface area contributed by atoms with E-state index in [1.54, 1.807) is 10.5 Å². The molecule has 3 heterocycles. The molecule has 5 rings (SSSR count). The molecule has 8 nitrogen and oxygen atoms in total. The molecule has 1 aliphatic rings. The smallest absolute Gasteiger partial charge is 0.214 e. The molecule has 1 aliphatic heterocycles. The number of nitrogens with two attached hydrogens (primary N) is 1. The highest BCUT2D eigenvalue weighted by Crippen LogP contribution is 2.36. The number of aryl methyl sites for hydroxylation is 1. The van der Waals surface area contributed by atoms with Gasteiger partial charge in [0.25, 0.3) is 0 Å². The number of thiocarbonyl (C=S) groups is 1. The minimum absolute atomic E-state index is 0.205. The van der Waals surface area contributed by atoms with Crippen molar-refractivity contribution >= 4 is 44.0 Å². The summed E-state index contributed by atoms with van der Waals surface area (Å²) in [6.45, 7) is 5.57. The number of anilines is 1. The van der Waals surface area contributed by atoms with E-state index in [4.69, 9.17) is 18.0 Å². The lowest BCUT2D eigenvalue weighted by Crippen LogP contribution is -2.40. The van der Waals surface area contributed by atoms with Crippen molar-refractivity contribution in [1.29, 1.82) is 0 Å². The van der Waals surface area contributed by atoms with E-state index >= 15 is 0 Å². The van der Waals surface area contributed by atoms with Crippen molar-refractivity contribution in [2.24, 2.45) is 5.73 Å². The van der Waals surface area contributed by atoms with Gasteiger partial charge in [0.1, 0.15) is 16.6 Å². The Morgan fingerprint density at radius 3 is 2.68 bits per heavy atom. The van der Waals surface area contributed by atoms with Crippen LogP contribution in [0.3, 0.4) is 0 Å². The largest absolute Gasteiger partial charge is 0.389 e. The van der Waals surface area contributed by atoms with E-state index in [0.29, 0.717) is 31.0 Å². The van der Waals surface area contributed by atoms with E-state index in [1.807, 2.05) is 32.0 Å². The zero-order valence-corrected chi connectivity index (χ0v) is 23.4. The number of fused-ring (bicyclic) bond motifs is 1. The van der Waals surface area contributed by atoms with E-state index in [2.05, 4.69) is 50.3 Å². The minimum atomic E-state index is -3.19. The van der Waals surface area contributed by atoms with Gasteiger partial charge in [-0.15, -0.1) is 0 Å². The van der Waals surface area contributed by atoms with Crippen LogP contribution in [-0.4, -0.2) is 51.1 Å². The fraction of sp³-hybridized carbons (Fsp3) is 0.357. The van der Waals surface area contributed by atoms with Gasteiger partial charge in [0, 0.05) is 53.9 Å². The number of imidazole rings is 1. The van der Waals surface area contributed by atoms with Gasteiger partial charge < -0.3 is 20.6 Å². The Bertz CT molecular complexity index is 1570. The number of aromatic nitrogens is 3. The number of nitrogens with zero attached hydrogens (tertiary/aromatic N) is 3. The lowest BCUT2D eigenvalue weighted by Gasteiger charge is -2.32. The molecule has 0 unspecified atom stereocenters. The summed E-state index contributed by atoms with van der Waals surface area (Å²) in [5, 5.41) is 4.55. The average molecular weight is 551 g/mol. The summed E-state index contributed by atoms with van der Waals surface area (Å²) in [6.07, 6.45) is 6.18. The molecular weight excluding hydrogens is 516 g/mol. The predicted molar refractivity (Wildman–Crippen MR) is 158 cm³/mol. The SMILES string of the molecule is CCCS(=O)(=O)N1CCC(n2cc(-c3cccc(C(N)=S)c3)c3ccc(CNc4cnc(C)[nH]4)cc32)CC1. The summed E-state index contributed by atoms with van der Waals surface area (Å²) in [4.78, 5) is 7.84. The molecule has 0 amide bonds. The second-order valence-electron chi connectivity index (χ2n) is 9.93. The first kappa shape index (κ1) is 26.4. The Balaban J connectivity index is 1.50. The van der Waals surface area contributed by atoms with Gasteiger partial charge in [0.05, 0.1) is 11.9 Å². The van der Waals surface area contributed by atoms with Gasteiger partial charge in [-0.25, -0.2) is 17.7 Å². The Hall–Kier alpha value is -3.21. The van der Waals surface area contributed by atoms with Crippen LogP contribution in [-0.2, 0) is 16.6 Å². The third-order valence-corrected chi connectivity index (χ3v) is 9.53. The number of piperidine rings is 1. The van der Waals surface area contributed by atoms with Gasteiger partial charge >= 0.3 is 0 Å². The highest BCUT2D eigenvalue weighted by molar-refractivity contribution is 7.89. The molecule has 0 saturated carbocycles. The summed E-state index contributed by atoms with van der Waals surface area (Å²) in [5.74, 6) is 1.96. The van der Waals surface area contributed by atoms with Crippen LogP contribution in [0.15, 0.2) is 54.9 Å². The Labute approximate surface area is 229 Å². The average Bonchev–Trinajstić information content (AvgIpc) is 3.50. The second-order valence-corrected chi connectivity index (χ2v) is 12.5. The summed E-state index contributed by atoms with van der Waals surface area (Å²) in [7, 11) is -3.19. The highest BCUT2D eigenvalue weighted by Gasteiger charge is 2.29. The summed E-state index contributed by atoms with van der Waals surface area (Å²) in [5.41, 5.74) is 11.2. The molecule has 0 aliphatic carbocycles. The van der Waals surface area contributed by atoms with Gasteiger partial charge in [-0.2, -0.15) is 0 Å². The molecule has 0 radical (unpaired) electrons. The molecule has 4 aromatic rings. The molecule has 1 fully saturated rings. The molecule has 1 saturated heterocycles. The van der Waals surface area contributed by atoms with E-state index < -0.39 is 10.0 Å². The lowest BCUT2D eigenvalue weighted by atomic mass is 10.0. The Morgan fingerprint density at radius 1 is 1.21 bits per heavy atom. The Morgan fingerprint density at radius 2 is 2.00 bits per heavy atom. The van der Waals surface area contributed by atoms with Crippen LogP contribution in [0.1, 0.15) is 49.2 Å². The fourth-order valence-electron chi connectivity index (χ4n) is 5.27. The molecule has 10 heteroatoms. The van der Waals surface area contributed by atoms with Crippen LogP contribution in [0, 0.1) is 6.92 Å². The van der Waals surface area contributed by atoms with Crippen molar-refractivity contribution in [3.8, 4) is 11.1 Å². The first-order valence-electron chi connectivity index (χ1n) is 13.0. The van der Waals surface area contributed by atoms with Crippen molar-refractivity contribution in [3.05, 3.63) is 71.8 Å². The van der Waals surface area contributed by atoms with E-state index in [9.17, 15) is 8.42 Å². The number of H-pyrrole nitrogens is 1. The van der Waals surface area contributed by atoms with Gasteiger partial charge in [0.2, 0.25) is 10.0 Å². The fourth-order valence-corrected chi connectivity index (χ4v) is 6.94. The predicted octanol–water partition coefficient (Wildman–Crippen LogP) is 4.96. The van der Waals surface area contributed by atoms with Crippen molar-refractivity contribution in [2.45, 2.75) is 45.7 Å². The third-order valence-electron chi connectivity index (χ3n) is 7.21. The van der Waals surface area contributed by atoms with Gasteiger partial charge in [0.15, 0.2) is 0 Å². The van der Waals surface area contributed by atoms with Crippen LogP contribution < -0.4 is 11.1 Å². The summed E-state index contributed by atoms with van der Waals surface area (Å²) >= 11 is 5.23. The number of hydrogen-bond donors (Lipinski definition) is 3. The lowest BCUT2D eigenvalue weighted by molar-refractivity contribution is 0.278. The first-order valence-corrected chi connectivity index (χ1v) is 15.0. The number of aromatic amines is 1. The molecule has 4 N–H and O–H groups in total. The first-order chi connectivity index (χ1) is 18.2. The highest BCUT2D eigenvalue weighted by atomic mass is 32.2. The van der Waals surface area contributed by atoms with Crippen molar-refractivity contribution < 1.29 is 8.42 Å². The number of rotatable bonds is 9. The molecule has 0 atom stereocenters. The molecule has 0 spiro atoms. The molecule has 0 bridgehead atoms. The zero-order chi connectivity index (χ0) is 26.9. The maximum absolute atomic E-state index is 12.6.